The van der Waals surface area contributed by atoms with E-state index in [1.165, 1.54) is 166 Å². The molecule has 0 N–H and O–H groups in total. The number of hydrogen-bond donors (Lipinski definition) is 0. The van der Waals surface area contributed by atoms with Crippen molar-refractivity contribution in [1.82, 2.24) is 0 Å². The third-order valence-electron chi connectivity index (χ3n) is 13.8. The molecule has 2 saturated carbocycles. The number of rotatable bonds is 10. The van der Waals surface area contributed by atoms with Gasteiger partial charge in [0.05, 0.1) is 0 Å². The van der Waals surface area contributed by atoms with Gasteiger partial charge in [-0.15, -0.1) is 69.1 Å². The predicted molar refractivity (Wildman–Crippen MR) is 273 cm³/mol. The molecule has 0 saturated heterocycles. The summed E-state index contributed by atoms with van der Waals surface area (Å²) in [5, 5.41) is 10.9. The van der Waals surface area contributed by atoms with Gasteiger partial charge in [-0.3, -0.25) is 0 Å². The first-order chi connectivity index (χ1) is 30.4. The minimum atomic E-state index is -0.826. The van der Waals surface area contributed by atoms with Crippen LogP contribution in [0.25, 0.3) is 65.3 Å². The van der Waals surface area contributed by atoms with Crippen LogP contribution < -0.4 is 0 Å². The average Bonchev–Trinajstić information content (AvgIpc) is 4.12. The maximum absolute atomic E-state index is 4.93. The van der Waals surface area contributed by atoms with Gasteiger partial charge in [-0.1, -0.05) is 174 Å². The standard InChI is InChI=1S/2C28H29.C2H6Si.2ClH.Zr/c2*1-2-15-28(16-5-6-17-28)20-21-18-23-11-8-14-26(27(23)19-21)25-13-7-10-22-9-3-4-12-24(22)25;1-3-2;;;/h2*3-4,7-14,18-19H,2,5-6,15-17,20H2,1H3;1-2H3;2*1H;/q2*-1;;;;+4/p-2. The fourth-order valence-electron chi connectivity index (χ4n) is 11.4. The summed E-state index contributed by atoms with van der Waals surface area (Å²) in [4.78, 5) is 0. The molecule has 2 aliphatic rings. The zero-order chi connectivity index (χ0) is 43.4. The second kappa shape index (κ2) is 22.6. The van der Waals surface area contributed by atoms with Crippen LogP contribution in [0.5, 0.6) is 0 Å². The molecule has 2 fully saturated rings. The van der Waals surface area contributed by atoms with Crippen molar-refractivity contribution in [2.24, 2.45) is 10.8 Å². The average molecular weight is 951 g/mol. The number of halogens is 2. The molecule has 0 bridgehead atoms. The molecule has 0 aliphatic heterocycles. The Balaban J connectivity index is 0.000000166. The van der Waals surface area contributed by atoms with Crippen molar-refractivity contribution in [3.63, 3.8) is 0 Å². The summed E-state index contributed by atoms with van der Waals surface area (Å²) in [5.41, 5.74) is 9.64. The topological polar surface area (TPSA) is 0 Å². The van der Waals surface area contributed by atoms with Crippen LogP contribution in [-0.4, -0.2) is 9.52 Å². The monoisotopic (exact) mass is 948 g/mol. The van der Waals surface area contributed by atoms with E-state index >= 15 is 0 Å². The quantitative estimate of drug-likeness (QED) is 0.0947. The van der Waals surface area contributed by atoms with E-state index in [0.717, 1.165) is 9.52 Å². The van der Waals surface area contributed by atoms with Crippen molar-refractivity contribution in [2.75, 3.05) is 0 Å². The molecule has 0 aromatic heterocycles. The van der Waals surface area contributed by atoms with E-state index in [2.05, 4.69) is 173 Å². The molecule has 2 aliphatic carbocycles. The Bertz CT molecular complexity index is 2440. The van der Waals surface area contributed by atoms with Crippen LogP contribution in [-0.2, 0) is 33.7 Å². The van der Waals surface area contributed by atoms with Gasteiger partial charge in [0.1, 0.15) is 0 Å². The SMILES string of the molecule is CCCC1(Cc2cc3c(-c4cccc5ccccc45)cccc3[cH-]2)CCCC1.CCCC1(Cc2cc3c(-c4cccc5ccccc45)cccc3[cH-]2)CCCC1.C[Si]C.[Cl][Zr+2][Cl]. The Morgan fingerprint density at radius 3 is 1.18 bits per heavy atom. The third kappa shape index (κ3) is 11.0. The summed E-state index contributed by atoms with van der Waals surface area (Å²) >= 11 is -0.826. The van der Waals surface area contributed by atoms with Crippen LogP contribution in [0.15, 0.2) is 146 Å². The van der Waals surface area contributed by atoms with Crippen LogP contribution >= 0.6 is 17.0 Å². The van der Waals surface area contributed by atoms with E-state index in [4.69, 9.17) is 17.0 Å². The van der Waals surface area contributed by atoms with Crippen molar-refractivity contribution >= 4 is 69.6 Å². The van der Waals surface area contributed by atoms with Gasteiger partial charge in [-0.05, 0) is 94.9 Å². The molecule has 4 heteroatoms. The molecular formula is C58H64Cl2SiZr. The summed E-state index contributed by atoms with van der Waals surface area (Å²) in [5.74, 6) is 0. The van der Waals surface area contributed by atoms with Gasteiger partial charge in [0, 0.05) is 9.52 Å². The zero-order valence-corrected chi connectivity index (χ0v) is 42.5. The van der Waals surface area contributed by atoms with Gasteiger partial charge in [0.2, 0.25) is 0 Å². The van der Waals surface area contributed by atoms with Crippen LogP contribution in [0.4, 0.5) is 0 Å². The molecule has 0 spiro atoms. The molecule has 0 amide bonds. The van der Waals surface area contributed by atoms with Crippen molar-refractivity contribution in [3.05, 3.63) is 157 Å². The van der Waals surface area contributed by atoms with Crippen molar-refractivity contribution in [1.29, 1.82) is 0 Å². The first kappa shape index (κ1) is 46.7. The fraction of sp³-hybridized carbons (Fsp3) is 0.345. The molecule has 0 heterocycles. The summed E-state index contributed by atoms with van der Waals surface area (Å²) in [6.07, 6.45) is 19.2. The molecule has 0 unspecified atom stereocenters. The van der Waals surface area contributed by atoms with Gasteiger partial charge in [0.15, 0.2) is 0 Å². The molecule has 10 rings (SSSR count). The van der Waals surface area contributed by atoms with Crippen LogP contribution in [0, 0.1) is 10.8 Å². The Morgan fingerprint density at radius 2 is 0.806 bits per heavy atom. The maximum atomic E-state index is 4.93. The fourth-order valence-corrected chi connectivity index (χ4v) is 11.4. The predicted octanol–water partition coefficient (Wildman–Crippen LogP) is 18.7. The molecule has 2 radical (unpaired) electrons. The summed E-state index contributed by atoms with van der Waals surface area (Å²) in [7, 11) is 11.0. The minimum absolute atomic E-state index is 0.554. The first-order valence-electron chi connectivity index (χ1n) is 23.3. The summed E-state index contributed by atoms with van der Waals surface area (Å²) in [6, 6.07) is 54.3. The molecule has 0 atom stereocenters. The van der Waals surface area contributed by atoms with Crippen molar-refractivity contribution in [3.8, 4) is 22.3 Å². The van der Waals surface area contributed by atoms with Gasteiger partial charge in [-0.2, -0.15) is 12.1 Å². The summed E-state index contributed by atoms with van der Waals surface area (Å²) in [6.45, 7) is 9.00. The number of hydrogen-bond acceptors (Lipinski definition) is 0. The zero-order valence-electron chi connectivity index (χ0n) is 37.5. The summed E-state index contributed by atoms with van der Waals surface area (Å²) < 4.78 is 0. The van der Waals surface area contributed by atoms with Crippen LogP contribution in [0.1, 0.15) is 102 Å². The molecule has 318 valence electrons. The molecule has 8 aromatic carbocycles. The van der Waals surface area contributed by atoms with Gasteiger partial charge in [-0.25, -0.2) is 0 Å². The Kier molecular flexibility index (Phi) is 17.0. The molecular weight excluding hydrogens is 887 g/mol. The first-order valence-corrected chi connectivity index (χ1v) is 31.6. The van der Waals surface area contributed by atoms with Crippen molar-refractivity contribution < 1.29 is 20.8 Å². The van der Waals surface area contributed by atoms with Crippen LogP contribution in [0.3, 0.4) is 0 Å². The molecule has 62 heavy (non-hydrogen) atoms. The van der Waals surface area contributed by atoms with E-state index in [9.17, 15) is 0 Å². The number of fused-ring (bicyclic) bond motifs is 4. The number of benzene rings is 6. The van der Waals surface area contributed by atoms with Gasteiger partial charge >= 0.3 is 37.9 Å². The van der Waals surface area contributed by atoms with Gasteiger partial charge < -0.3 is 0 Å². The Labute approximate surface area is 394 Å². The van der Waals surface area contributed by atoms with E-state index in [1.807, 2.05) is 0 Å². The third-order valence-corrected chi connectivity index (χ3v) is 13.8. The Hall–Kier alpha value is -3.26. The van der Waals surface area contributed by atoms with E-state index in [-0.39, 0.29) is 0 Å². The second-order valence-corrected chi connectivity index (χ2v) is 23.0. The second-order valence-electron chi connectivity index (χ2n) is 18.2. The Morgan fingerprint density at radius 1 is 0.484 bits per heavy atom. The van der Waals surface area contributed by atoms with Crippen LogP contribution in [0.2, 0.25) is 13.1 Å². The van der Waals surface area contributed by atoms with E-state index in [0.29, 0.717) is 10.8 Å². The molecule has 8 aromatic rings. The van der Waals surface area contributed by atoms with Gasteiger partial charge in [0.25, 0.3) is 0 Å². The normalized spacial score (nSPS) is 15.1. The molecule has 0 nitrogen and oxygen atoms in total. The van der Waals surface area contributed by atoms with E-state index in [1.54, 1.807) is 0 Å². The van der Waals surface area contributed by atoms with E-state index < -0.39 is 20.8 Å². The van der Waals surface area contributed by atoms with Crippen molar-refractivity contribution in [2.45, 2.75) is 117 Å².